The Hall–Kier alpha value is -0.260. The van der Waals surface area contributed by atoms with Crippen molar-refractivity contribution in [3.63, 3.8) is 0 Å². The van der Waals surface area contributed by atoms with Gasteiger partial charge in [-0.2, -0.15) is 11.8 Å². The molecule has 0 amide bonds. The van der Waals surface area contributed by atoms with Crippen LogP contribution in [0.3, 0.4) is 0 Å². The molecule has 2 aromatic rings. The van der Waals surface area contributed by atoms with Crippen LogP contribution in [0, 0.1) is 4.77 Å². The summed E-state index contributed by atoms with van der Waals surface area (Å²) in [6.07, 6.45) is 2.66. The Morgan fingerprint density at radius 3 is 3.18 bits per heavy atom. The largest absolute Gasteiger partial charge is 0.331 e. The zero-order chi connectivity index (χ0) is 11.8. The molecule has 2 heterocycles. The van der Waals surface area contributed by atoms with Crippen molar-refractivity contribution in [3.05, 3.63) is 27.4 Å². The second-order valence-electron chi connectivity index (χ2n) is 4.34. The van der Waals surface area contributed by atoms with Crippen molar-refractivity contribution in [3.8, 4) is 0 Å². The summed E-state index contributed by atoms with van der Waals surface area (Å²) in [5, 5.41) is 0.726. The highest BCUT2D eigenvalue weighted by Gasteiger charge is 2.17. The van der Waals surface area contributed by atoms with E-state index < -0.39 is 0 Å². The highest BCUT2D eigenvalue weighted by atomic mass is 79.9. The number of aromatic amines is 1. The lowest BCUT2D eigenvalue weighted by Gasteiger charge is -2.10. The minimum Gasteiger partial charge on any atom is -0.331 e. The van der Waals surface area contributed by atoms with Crippen molar-refractivity contribution in [2.24, 2.45) is 0 Å². The Kier molecular flexibility index (Phi) is 3.32. The molecule has 90 valence electrons. The van der Waals surface area contributed by atoms with Crippen LogP contribution in [0.4, 0.5) is 0 Å². The number of benzene rings is 1. The normalized spacial score (nSPS) is 20.2. The van der Waals surface area contributed by atoms with Gasteiger partial charge in [-0.3, -0.25) is 0 Å². The van der Waals surface area contributed by atoms with Gasteiger partial charge in [0.05, 0.1) is 11.0 Å². The van der Waals surface area contributed by atoms with E-state index in [0.29, 0.717) is 0 Å². The summed E-state index contributed by atoms with van der Waals surface area (Å²) in [7, 11) is 0. The van der Waals surface area contributed by atoms with Crippen LogP contribution >= 0.6 is 39.9 Å². The third kappa shape index (κ3) is 2.33. The van der Waals surface area contributed by atoms with E-state index in [4.69, 9.17) is 12.2 Å². The second kappa shape index (κ2) is 4.78. The molecule has 1 aliphatic rings. The molecule has 0 spiro atoms. The van der Waals surface area contributed by atoms with E-state index in [2.05, 4.69) is 55.4 Å². The van der Waals surface area contributed by atoms with Crippen LogP contribution in [0.25, 0.3) is 11.0 Å². The molecule has 17 heavy (non-hydrogen) atoms. The van der Waals surface area contributed by atoms with Crippen molar-refractivity contribution < 1.29 is 0 Å². The Morgan fingerprint density at radius 1 is 1.53 bits per heavy atom. The van der Waals surface area contributed by atoms with Crippen LogP contribution in [0.15, 0.2) is 22.7 Å². The van der Waals surface area contributed by atoms with E-state index in [-0.39, 0.29) is 0 Å². The standard InChI is InChI=1S/C12H13BrN2S2/c13-8-3-4-11-10(6-8)14-12(16)15(11)7-9-2-1-5-17-9/h3-4,6,9H,1-2,5,7H2,(H,14,16). The lowest BCUT2D eigenvalue weighted by Crippen LogP contribution is -2.09. The van der Waals surface area contributed by atoms with Crippen LogP contribution in [0.1, 0.15) is 12.8 Å². The molecule has 1 aliphatic heterocycles. The number of aromatic nitrogens is 2. The number of thioether (sulfide) groups is 1. The summed E-state index contributed by atoms with van der Waals surface area (Å²) in [6, 6.07) is 6.29. The van der Waals surface area contributed by atoms with Crippen LogP contribution in [0.2, 0.25) is 0 Å². The Morgan fingerprint density at radius 2 is 2.41 bits per heavy atom. The van der Waals surface area contributed by atoms with Gasteiger partial charge in [-0.1, -0.05) is 15.9 Å². The maximum Gasteiger partial charge on any atom is 0.178 e. The molecule has 1 aromatic carbocycles. The van der Waals surface area contributed by atoms with E-state index in [0.717, 1.165) is 26.6 Å². The van der Waals surface area contributed by atoms with Crippen LogP contribution < -0.4 is 0 Å². The van der Waals surface area contributed by atoms with Gasteiger partial charge in [-0.05, 0) is 49.0 Å². The third-order valence-electron chi connectivity index (χ3n) is 3.15. The molecule has 1 atom stereocenters. The molecule has 1 saturated heterocycles. The van der Waals surface area contributed by atoms with Crippen molar-refractivity contribution in [2.75, 3.05) is 5.75 Å². The second-order valence-corrected chi connectivity index (χ2v) is 7.05. The summed E-state index contributed by atoms with van der Waals surface area (Å²) in [5.41, 5.74) is 2.33. The van der Waals surface area contributed by atoms with Crippen molar-refractivity contribution >= 4 is 50.9 Å². The van der Waals surface area contributed by atoms with Crippen molar-refractivity contribution in [1.29, 1.82) is 0 Å². The molecule has 0 saturated carbocycles. The molecule has 1 N–H and O–H groups in total. The summed E-state index contributed by atoms with van der Waals surface area (Å²) >= 11 is 11.0. The van der Waals surface area contributed by atoms with Gasteiger partial charge >= 0.3 is 0 Å². The van der Waals surface area contributed by atoms with Gasteiger partial charge in [-0.15, -0.1) is 0 Å². The highest BCUT2D eigenvalue weighted by molar-refractivity contribution is 9.10. The van der Waals surface area contributed by atoms with Gasteiger partial charge in [0.25, 0.3) is 0 Å². The number of rotatable bonds is 2. The van der Waals surface area contributed by atoms with E-state index in [9.17, 15) is 0 Å². The average molecular weight is 329 g/mol. The predicted octanol–water partition coefficient (Wildman–Crippen LogP) is 4.36. The SMILES string of the molecule is S=c1[nH]c2cc(Br)ccc2n1CC1CCCS1. The molecule has 1 unspecified atom stereocenters. The summed E-state index contributed by atoms with van der Waals surface area (Å²) < 4.78 is 4.16. The molecule has 5 heteroatoms. The number of nitrogens with zero attached hydrogens (tertiary/aromatic N) is 1. The first-order valence-corrected chi connectivity index (χ1v) is 7.99. The van der Waals surface area contributed by atoms with Gasteiger partial charge in [0.1, 0.15) is 0 Å². The fourth-order valence-corrected chi connectivity index (χ4v) is 4.21. The number of hydrogen-bond acceptors (Lipinski definition) is 2. The molecule has 0 bridgehead atoms. The first-order valence-electron chi connectivity index (χ1n) is 5.74. The molecule has 1 fully saturated rings. The maximum absolute atomic E-state index is 5.41. The minimum absolute atomic E-state index is 0.726. The zero-order valence-electron chi connectivity index (χ0n) is 9.28. The van der Waals surface area contributed by atoms with Gasteiger partial charge in [0.2, 0.25) is 0 Å². The van der Waals surface area contributed by atoms with Gasteiger partial charge < -0.3 is 9.55 Å². The van der Waals surface area contributed by atoms with Crippen LogP contribution in [0.5, 0.6) is 0 Å². The Balaban J connectivity index is 2.02. The average Bonchev–Trinajstić information content (AvgIpc) is 2.88. The highest BCUT2D eigenvalue weighted by Crippen LogP contribution is 2.29. The first kappa shape index (κ1) is 11.8. The molecule has 2 nitrogen and oxygen atoms in total. The first-order chi connectivity index (χ1) is 8.24. The summed E-state index contributed by atoms with van der Waals surface area (Å²) in [4.78, 5) is 3.28. The quantitative estimate of drug-likeness (QED) is 0.827. The smallest absolute Gasteiger partial charge is 0.178 e. The minimum atomic E-state index is 0.726. The maximum atomic E-state index is 5.41. The van der Waals surface area contributed by atoms with Crippen LogP contribution in [-0.2, 0) is 6.54 Å². The summed E-state index contributed by atoms with van der Waals surface area (Å²) in [5.74, 6) is 1.30. The predicted molar refractivity (Wildman–Crippen MR) is 80.3 cm³/mol. The molecule has 1 aromatic heterocycles. The molecule has 0 radical (unpaired) electrons. The van der Waals surface area contributed by atoms with E-state index >= 15 is 0 Å². The molecule has 0 aliphatic carbocycles. The summed E-state index contributed by atoms with van der Waals surface area (Å²) in [6.45, 7) is 1.03. The van der Waals surface area contributed by atoms with Crippen molar-refractivity contribution in [2.45, 2.75) is 24.6 Å². The molecule has 3 rings (SSSR count). The van der Waals surface area contributed by atoms with E-state index in [1.54, 1.807) is 0 Å². The fraction of sp³-hybridized carbons (Fsp3) is 0.417. The lowest BCUT2D eigenvalue weighted by atomic mass is 10.2. The third-order valence-corrected chi connectivity index (χ3v) is 5.34. The molecular weight excluding hydrogens is 316 g/mol. The van der Waals surface area contributed by atoms with E-state index in [1.165, 1.54) is 24.1 Å². The number of H-pyrrole nitrogens is 1. The van der Waals surface area contributed by atoms with Gasteiger partial charge in [0.15, 0.2) is 4.77 Å². The lowest BCUT2D eigenvalue weighted by molar-refractivity contribution is 0.645. The van der Waals surface area contributed by atoms with Gasteiger partial charge in [-0.25, -0.2) is 0 Å². The number of nitrogens with one attached hydrogen (secondary N) is 1. The number of fused-ring (bicyclic) bond motifs is 1. The fourth-order valence-electron chi connectivity index (χ4n) is 2.31. The van der Waals surface area contributed by atoms with E-state index in [1.807, 2.05) is 0 Å². The number of halogens is 1. The van der Waals surface area contributed by atoms with Gasteiger partial charge in [0, 0.05) is 16.3 Å². The Labute approximate surface area is 118 Å². The monoisotopic (exact) mass is 328 g/mol. The van der Waals surface area contributed by atoms with Crippen LogP contribution in [-0.4, -0.2) is 20.6 Å². The Bertz CT molecular complexity index is 596. The number of imidazole rings is 1. The number of hydrogen-bond donors (Lipinski definition) is 1. The molecular formula is C12H13BrN2S2. The zero-order valence-corrected chi connectivity index (χ0v) is 12.5. The van der Waals surface area contributed by atoms with Crippen molar-refractivity contribution in [1.82, 2.24) is 9.55 Å². The topological polar surface area (TPSA) is 20.7 Å².